The van der Waals surface area contributed by atoms with E-state index in [1.54, 1.807) is 0 Å². The van der Waals surface area contributed by atoms with Crippen molar-refractivity contribution in [3.8, 4) is 5.95 Å². The number of anilines is 1. The van der Waals surface area contributed by atoms with Crippen LogP contribution in [0.3, 0.4) is 0 Å². The molecule has 1 N–H and O–H groups in total. The molecule has 2 saturated heterocycles. The third-order valence-corrected chi connectivity index (χ3v) is 8.87. The number of rotatable bonds is 6. The first-order valence-corrected chi connectivity index (χ1v) is 14.4. The number of aromatic nitrogens is 6. The average molecular weight is 549 g/mol. The molecule has 0 spiro atoms. The Balaban J connectivity index is 1.31. The van der Waals surface area contributed by atoms with Gasteiger partial charge in [-0.05, 0) is 64.3 Å². The largest absolute Gasteiger partial charge is 0.390 e. The Hall–Kier alpha value is -3.15. The highest BCUT2D eigenvalue weighted by molar-refractivity contribution is 5.86. The summed E-state index contributed by atoms with van der Waals surface area (Å²) in [5.41, 5.74) is 2.57. The third-order valence-electron chi connectivity index (χ3n) is 8.87. The maximum absolute atomic E-state index is 14.3. The number of hydrogen-bond donors (Lipinski definition) is 1. The number of fused-ring (bicyclic) bond motifs is 2. The number of hydrogen-bond acceptors (Lipinski definition) is 8. The highest BCUT2D eigenvalue weighted by atomic mass is 19.1. The molecule has 11 heteroatoms. The number of alkyl halides is 1. The summed E-state index contributed by atoms with van der Waals surface area (Å²) in [6, 6.07) is 7.87. The first-order valence-electron chi connectivity index (χ1n) is 14.4. The van der Waals surface area contributed by atoms with E-state index in [0.717, 1.165) is 59.8 Å². The minimum atomic E-state index is -0.887. The molecule has 1 saturated carbocycles. The summed E-state index contributed by atoms with van der Waals surface area (Å²) in [7, 11) is 2.01. The third kappa shape index (κ3) is 4.53. The molecule has 0 radical (unpaired) electrons. The van der Waals surface area contributed by atoms with E-state index in [2.05, 4.69) is 14.4 Å². The Labute approximate surface area is 232 Å². The van der Waals surface area contributed by atoms with E-state index in [9.17, 15) is 9.50 Å². The minimum Gasteiger partial charge on any atom is -0.390 e. The quantitative estimate of drug-likeness (QED) is 0.392. The van der Waals surface area contributed by atoms with Gasteiger partial charge in [-0.2, -0.15) is 9.97 Å². The van der Waals surface area contributed by atoms with E-state index in [0.29, 0.717) is 57.0 Å². The van der Waals surface area contributed by atoms with Crippen molar-refractivity contribution in [2.24, 2.45) is 13.0 Å². The van der Waals surface area contributed by atoms with Crippen molar-refractivity contribution in [3.63, 3.8) is 0 Å². The zero-order valence-corrected chi connectivity index (χ0v) is 23.4. The van der Waals surface area contributed by atoms with Gasteiger partial charge in [-0.15, -0.1) is 0 Å². The Morgan fingerprint density at radius 1 is 1.02 bits per heavy atom. The summed E-state index contributed by atoms with van der Waals surface area (Å²) in [5.74, 6) is 2.95. The first-order chi connectivity index (χ1) is 19.3. The summed E-state index contributed by atoms with van der Waals surface area (Å²) in [4.78, 5) is 24.7. The molecule has 3 aromatic heterocycles. The molecular formula is C29H37FN8O2. The minimum absolute atomic E-state index is 0.243. The van der Waals surface area contributed by atoms with Gasteiger partial charge in [0.2, 0.25) is 5.95 Å². The van der Waals surface area contributed by atoms with Crippen LogP contribution in [-0.4, -0.2) is 90.2 Å². The highest BCUT2D eigenvalue weighted by Crippen LogP contribution is 2.44. The van der Waals surface area contributed by atoms with Gasteiger partial charge in [0.25, 0.3) is 0 Å². The maximum atomic E-state index is 14.3. The van der Waals surface area contributed by atoms with Gasteiger partial charge in [0.05, 0.1) is 42.3 Å². The predicted molar refractivity (Wildman–Crippen MR) is 151 cm³/mol. The lowest BCUT2D eigenvalue weighted by Gasteiger charge is -2.37. The number of ether oxygens (including phenoxy) is 1. The molecule has 2 aliphatic heterocycles. The van der Waals surface area contributed by atoms with E-state index < -0.39 is 11.8 Å². The van der Waals surface area contributed by atoms with Crippen molar-refractivity contribution in [1.29, 1.82) is 0 Å². The number of aliphatic hydroxyl groups is 1. The molecule has 0 unspecified atom stereocenters. The molecule has 40 heavy (non-hydrogen) atoms. The molecule has 212 valence electrons. The fourth-order valence-electron chi connectivity index (χ4n) is 6.25. The van der Waals surface area contributed by atoms with E-state index in [1.165, 1.54) is 0 Å². The van der Waals surface area contributed by atoms with Crippen LogP contribution < -0.4 is 4.90 Å². The number of imidazole rings is 2. The molecule has 5 heterocycles. The second-order valence-corrected chi connectivity index (χ2v) is 12.1. The van der Waals surface area contributed by atoms with Crippen LogP contribution in [0.15, 0.2) is 24.3 Å². The van der Waals surface area contributed by atoms with Crippen molar-refractivity contribution in [3.05, 3.63) is 35.9 Å². The molecule has 1 aromatic carbocycles. The fraction of sp³-hybridized carbons (Fsp3) is 0.586. The van der Waals surface area contributed by atoms with Crippen molar-refractivity contribution in [2.45, 2.75) is 57.3 Å². The Morgan fingerprint density at radius 3 is 2.45 bits per heavy atom. The van der Waals surface area contributed by atoms with Crippen LogP contribution in [0.2, 0.25) is 0 Å². The van der Waals surface area contributed by atoms with Gasteiger partial charge in [0.15, 0.2) is 17.0 Å². The summed E-state index contributed by atoms with van der Waals surface area (Å²) in [6.07, 6.45) is 1.51. The monoisotopic (exact) mass is 548 g/mol. The van der Waals surface area contributed by atoms with Crippen LogP contribution in [0.5, 0.6) is 0 Å². The molecule has 10 nitrogen and oxygen atoms in total. The van der Waals surface area contributed by atoms with E-state index in [4.69, 9.17) is 24.7 Å². The van der Waals surface area contributed by atoms with E-state index in [1.807, 2.05) is 49.7 Å². The molecule has 0 bridgehead atoms. The van der Waals surface area contributed by atoms with Crippen molar-refractivity contribution < 1.29 is 14.2 Å². The second kappa shape index (κ2) is 9.74. The second-order valence-electron chi connectivity index (χ2n) is 12.1. The number of piperidine rings is 1. The number of halogens is 1. The van der Waals surface area contributed by atoms with Crippen LogP contribution in [0.4, 0.5) is 10.2 Å². The molecule has 1 aliphatic carbocycles. The number of benzene rings is 1. The van der Waals surface area contributed by atoms with E-state index in [-0.39, 0.29) is 5.92 Å². The molecule has 0 amide bonds. The van der Waals surface area contributed by atoms with Crippen LogP contribution in [0.1, 0.15) is 50.7 Å². The summed E-state index contributed by atoms with van der Waals surface area (Å²) >= 11 is 0. The van der Waals surface area contributed by atoms with Crippen molar-refractivity contribution >= 4 is 28.0 Å². The number of likely N-dealkylation sites (tertiary alicyclic amines) is 1. The molecule has 3 fully saturated rings. The van der Waals surface area contributed by atoms with Gasteiger partial charge >= 0.3 is 0 Å². The summed E-state index contributed by atoms with van der Waals surface area (Å²) in [5, 5.41) is 10.5. The predicted octanol–water partition coefficient (Wildman–Crippen LogP) is 3.35. The van der Waals surface area contributed by atoms with Crippen molar-refractivity contribution in [1.82, 2.24) is 34.0 Å². The summed E-state index contributed by atoms with van der Waals surface area (Å²) in [6.45, 7) is 9.05. The molecule has 7 rings (SSSR count). The molecule has 3 aliphatic rings. The lowest BCUT2D eigenvalue weighted by Crippen LogP contribution is -2.41. The SMILES string of the molecule is Cn1c(CN2CCC(C(C)(C)O)CC2)nc2c(N3CCOCC3)nc(-n3c([C@@H]4C[C@H]4F)nc4ccccc43)nc21. The normalized spacial score (nSPS) is 23.0. The topological polar surface area (TPSA) is 97.4 Å². The smallest absolute Gasteiger partial charge is 0.239 e. The van der Waals surface area contributed by atoms with Gasteiger partial charge < -0.3 is 19.3 Å². The molecule has 4 aromatic rings. The number of nitrogens with zero attached hydrogens (tertiary/aromatic N) is 8. The number of aryl methyl sites for hydroxylation is 1. The van der Waals surface area contributed by atoms with Gasteiger partial charge in [0, 0.05) is 20.1 Å². The van der Waals surface area contributed by atoms with Gasteiger partial charge in [-0.3, -0.25) is 9.47 Å². The Morgan fingerprint density at radius 2 is 1.75 bits per heavy atom. The van der Waals surface area contributed by atoms with Crippen LogP contribution in [0.25, 0.3) is 28.1 Å². The summed E-state index contributed by atoms with van der Waals surface area (Å²) < 4.78 is 24.0. The lowest BCUT2D eigenvalue weighted by molar-refractivity contribution is -0.0139. The maximum Gasteiger partial charge on any atom is 0.239 e. The highest BCUT2D eigenvalue weighted by Gasteiger charge is 2.43. The van der Waals surface area contributed by atoms with Gasteiger partial charge in [0.1, 0.15) is 17.8 Å². The van der Waals surface area contributed by atoms with Crippen LogP contribution in [-0.2, 0) is 18.3 Å². The van der Waals surface area contributed by atoms with Crippen LogP contribution in [0, 0.1) is 5.92 Å². The Bertz CT molecular complexity index is 1550. The van der Waals surface area contributed by atoms with Crippen molar-refractivity contribution in [2.75, 3.05) is 44.3 Å². The van der Waals surface area contributed by atoms with Gasteiger partial charge in [-0.1, -0.05) is 12.1 Å². The lowest BCUT2D eigenvalue weighted by atomic mass is 9.83. The molecular weight excluding hydrogens is 511 g/mol. The zero-order chi connectivity index (χ0) is 27.6. The standard InChI is InChI=1S/C29H37FN8O2/c1-29(2,39)18-8-10-36(11-9-18)17-23-32-24-26(35(23)3)33-28(34-27(24)37-12-14-40-15-13-37)38-22-7-5-4-6-21(22)31-25(38)19-16-20(19)30/h4-7,18-20,39H,8-17H2,1-3H3/t19-,20-/m1/s1. The number of para-hydroxylation sites is 2. The molecule has 2 atom stereocenters. The Kier molecular flexibility index (Phi) is 6.28. The van der Waals surface area contributed by atoms with Crippen LogP contribution >= 0.6 is 0 Å². The van der Waals surface area contributed by atoms with E-state index >= 15 is 0 Å². The number of morpholine rings is 1. The van der Waals surface area contributed by atoms with Gasteiger partial charge in [-0.25, -0.2) is 14.4 Å². The fourth-order valence-corrected chi connectivity index (χ4v) is 6.25. The first kappa shape index (κ1) is 25.8. The average Bonchev–Trinajstić information content (AvgIpc) is 3.43. The zero-order valence-electron chi connectivity index (χ0n) is 23.4.